The van der Waals surface area contributed by atoms with Crippen LogP contribution in [0.2, 0.25) is 0 Å². The van der Waals surface area contributed by atoms with Gasteiger partial charge >= 0.3 is 0 Å². The van der Waals surface area contributed by atoms with Gasteiger partial charge in [0.25, 0.3) is 0 Å². The summed E-state index contributed by atoms with van der Waals surface area (Å²) in [6, 6.07) is 10.6. The highest BCUT2D eigenvalue weighted by molar-refractivity contribution is 5.89. The van der Waals surface area contributed by atoms with Crippen molar-refractivity contribution in [3.63, 3.8) is 0 Å². The molecule has 0 bridgehead atoms. The molecule has 2 saturated heterocycles. The fourth-order valence-corrected chi connectivity index (χ4v) is 3.48. The maximum Gasteiger partial charge on any atom is 0.244 e. The quantitative estimate of drug-likeness (QED) is 0.923. The molecule has 1 N–H and O–H groups in total. The second-order valence-electron chi connectivity index (χ2n) is 6.56. The number of carbonyl (C=O) groups is 1. The van der Waals surface area contributed by atoms with Crippen LogP contribution in [0.3, 0.4) is 0 Å². The first kappa shape index (κ1) is 14.5. The lowest BCUT2D eigenvalue weighted by Gasteiger charge is -2.30. The first-order valence-corrected chi connectivity index (χ1v) is 7.89. The van der Waals surface area contributed by atoms with E-state index in [0.29, 0.717) is 6.04 Å². The van der Waals surface area contributed by atoms with Gasteiger partial charge in [0.05, 0.1) is 5.54 Å². The zero-order chi connectivity index (χ0) is 15.0. The van der Waals surface area contributed by atoms with Gasteiger partial charge in [0.15, 0.2) is 0 Å². The molecule has 2 aliphatic rings. The molecule has 0 saturated carbocycles. The Morgan fingerprint density at radius 2 is 2.05 bits per heavy atom. The number of hydrogen-bond acceptors (Lipinski definition) is 3. The Bertz CT molecular complexity index is 518. The Kier molecular flexibility index (Phi) is 3.76. The van der Waals surface area contributed by atoms with Gasteiger partial charge in [-0.2, -0.15) is 0 Å². The Morgan fingerprint density at radius 1 is 1.33 bits per heavy atom. The number of hydrogen-bond donors (Lipinski definition) is 1. The van der Waals surface area contributed by atoms with Crippen molar-refractivity contribution in [2.45, 2.75) is 44.4 Å². The van der Waals surface area contributed by atoms with Crippen LogP contribution in [-0.2, 0) is 4.79 Å². The Balaban J connectivity index is 1.94. The van der Waals surface area contributed by atoms with Crippen molar-refractivity contribution in [1.29, 1.82) is 0 Å². The maximum atomic E-state index is 13.0. The first-order valence-electron chi connectivity index (χ1n) is 7.89. The highest BCUT2D eigenvalue weighted by Crippen LogP contribution is 2.36. The van der Waals surface area contributed by atoms with Crippen molar-refractivity contribution >= 4 is 5.91 Å². The SMILES string of the molecule is CCC1(C)NC(c2ccccc2)N(C2CCN(C)C2)C1=O. The lowest BCUT2D eigenvalue weighted by atomic mass is 9.99. The minimum atomic E-state index is -0.443. The number of nitrogens with zero attached hydrogens (tertiary/aromatic N) is 2. The summed E-state index contributed by atoms with van der Waals surface area (Å²) in [5.74, 6) is 0.249. The molecule has 1 aromatic carbocycles. The third kappa shape index (κ3) is 2.47. The molecule has 0 aromatic heterocycles. The van der Waals surface area contributed by atoms with E-state index in [1.807, 2.05) is 25.1 Å². The van der Waals surface area contributed by atoms with E-state index in [1.54, 1.807) is 0 Å². The molecule has 0 radical (unpaired) electrons. The molecular formula is C17H25N3O. The summed E-state index contributed by atoms with van der Waals surface area (Å²) >= 11 is 0. The lowest BCUT2D eigenvalue weighted by Crippen LogP contribution is -2.45. The van der Waals surface area contributed by atoms with Crippen LogP contribution in [-0.4, -0.2) is 47.4 Å². The van der Waals surface area contributed by atoms with Crippen molar-refractivity contribution in [2.24, 2.45) is 0 Å². The number of benzene rings is 1. The molecule has 1 amide bonds. The molecule has 3 atom stereocenters. The van der Waals surface area contributed by atoms with Crippen LogP contribution in [0.25, 0.3) is 0 Å². The summed E-state index contributed by atoms with van der Waals surface area (Å²) < 4.78 is 0. The number of nitrogens with one attached hydrogen (secondary N) is 1. The third-order valence-electron chi connectivity index (χ3n) is 5.02. The van der Waals surface area contributed by atoms with Crippen LogP contribution in [0.4, 0.5) is 0 Å². The highest BCUT2D eigenvalue weighted by Gasteiger charge is 2.50. The molecule has 3 rings (SSSR count). The van der Waals surface area contributed by atoms with E-state index in [4.69, 9.17) is 0 Å². The van der Waals surface area contributed by atoms with Crippen molar-refractivity contribution in [2.75, 3.05) is 20.1 Å². The molecule has 114 valence electrons. The van der Waals surface area contributed by atoms with Gasteiger partial charge in [-0.25, -0.2) is 0 Å². The van der Waals surface area contributed by atoms with Gasteiger partial charge in [0.1, 0.15) is 6.17 Å². The van der Waals surface area contributed by atoms with Crippen LogP contribution in [0.1, 0.15) is 38.4 Å². The van der Waals surface area contributed by atoms with E-state index >= 15 is 0 Å². The van der Waals surface area contributed by atoms with Gasteiger partial charge in [-0.05, 0) is 38.9 Å². The van der Waals surface area contributed by atoms with Crippen molar-refractivity contribution in [1.82, 2.24) is 15.1 Å². The number of carbonyl (C=O) groups excluding carboxylic acids is 1. The van der Waals surface area contributed by atoms with E-state index in [9.17, 15) is 4.79 Å². The van der Waals surface area contributed by atoms with E-state index in [0.717, 1.165) is 25.9 Å². The van der Waals surface area contributed by atoms with Gasteiger partial charge in [-0.15, -0.1) is 0 Å². The average Bonchev–Trinajstić information content (AvgIpc) is 3.03. The van der Waals surface area contributed by atoms with Crippen molar-refractivity contribution in [3.05, 3.63) is 35.9 Å². The molecule has 4 heteroatoms. The van der Waals surface area contributed by atoms with Crippen LogP contribution >= 0.6 is 0 Å². The van der Waals surface area contributed by atoms with Crippen LogP contribution in [0.5, 0.6) is 0 Å². The zero-order valence-electron chi connectivity index (χ0n) is 13.2. The summed E-state index contributed by atoms with van der Waals surface area (Å²) in [6.45, 7) is 6.15. The standard InChI is InChI=1S/C17H25N3O/c1-4-17(2)16(21)20(14-10-11-19(3)12-14)15(18-17)13-8-6-5-7-9-13/h5-9,14-15,18H,4,10-12H2,1-3H3. The molecule has 0 spiro atoms. The van der Waals surface area contributed by atoms with Gasteiger partial charge < -0.3 is 9.80 Å². The van der Waals surface area contributed by atoms with Crippen LogP contribution in [0, 0.1) is 0 Å². The van der Waals surface area contributed by atoms with Crippen LogP contribution in [0.15, 0.2) is 30.3 Å². The lowest BCUT2D eigenvalue weighted by molar-refractivity contribution is -0.135. The molecule has 0 aliphatic carbocycles. The molecular weight excluding hydrogens is 262 g/mol. The van der Waals surface area contributed by atoms with Crippen molar-refractivity contribution in [3.8, 4) is 0 Å². The summed E-state index contributed by atoms with van der Waals surface area (Å²) in [5, 5.41) is 3.58. The third-order valence-corrected chi connectivity index (χ3v) is 5.02. The minimum Gasteiger partial charge on any atom is -0.317 e. The second-order valence-corrected chi connectivity index (χ2v) is 6.56. The number of rotatable bonds is 3. The van der Waals surface area contributed by atoms with Crippen molar-refractivity contribution < 1.29 is 4.79 Å². The van der Waals surface area contributed by atoms with E-state index in [2.05, 4.69) is 41.2 Å². The molecule has 2 aliphatic heterocycles. The predicted octanol–water partition coefficient (Wildman–Crippen LogP) is 1.99. The largest absolute Gasteiger partial charge is 0.317 e. The highest BCUT2D eigenvalue weighted by atomic mass is 16.2. The molecule has 1 aromatic rings. The summed E-state index contributed by atoms with van der Waals surface area (Å²) in [6.07, 6.45) is 1.88. The number of amides is 1. The first-order chi connectivity index (χ1) is 10.0. The van der Waals surface area contributed by atoms with E-state index in [1.165, 1.54) is 5.56 Å². The Hall–Kier alpha value is -1.39. The van der Waals surface area contributed by atoms with Gasteiger partial charge in [0, 0.05) is 12.6 Å². The van der Waals surface area contributed by atoms with Crippen LogP contribution < -0.4 is 5.32 Å². The summed E-state index contributed by atoms with van der Waals surface area (Å²) in [5.41, 5.74) is 0.736. The number of likely N-dealkylation sites (N-methyl/N-ethyl adjacent to an activating group) is 1. The maximum absolute atomic E-state index is 13.0. The summed E-state index contributed by atoms with van der Waals surface area (Å²) in [4.78, 5) is 17.4. The summed E-state index contributed by atoms with van der Waals surface area (Å²) in [7, 11) is 2.13. The smallest absolute Gasteiger partial charge is 0.244 e. The molecule has 3 unspecified atom stereocenters. The number of likely N-dealkylation sites (tertiary alicyclic amines) is 1. The topological polar surface area (TPSA) is 35.6 Å². The monoisotopic (exact) mass is 287 g/mol. The molecule has 4 nitrogen and oxygen atoms in total. The fraction of sp³-hybridized carbons (Fsp3) is 0.588. The van der Waals surface area contributed by atoms with Gasteiger partial charge in [-0.1, -0.05) is 37.3 Å². The average molecular weight is 287 g/mol. The Labute approximate surface area is 127 Å². The molecule has 2 heterocycles. The molecule has 2 fully saturated rings. The van der Waals surface area contributed by atoms with Gasteiger partial charge in [-0.3, -0.25) is 10.1 Å². The zero-order valence-corrected chi connectivity index (χ0v) is 13.2. The minimum absolute atomic E-state index is 0.000139. The second kappa shape index (κ2) is 5.43. The van der Waals surface area contributed by atoms with Gasteiger partial charge in [0.2, 0.25) is 5.91 Å². The van der Waals surface area contributed by atoms with E-state index < -0.39 is 5.54 Å². The Morgan fingerprint density at radius 3 is 2.62 bits per heavy atom. The normalized spacial score (nSPS) is 33.9. The predicted molar refractivity (Wildman–Crippen MR) is 83.8 cm³/mol. The molecule has 21 heavy (non-hydrogen) atoms. The van der Waals surface area contributed by atoms with E-state index in [-0.39, 0.29) is 12.1 Å². The fourth-order valence-electron chi connectivity index (χ4n) is 3.48.